The fourth-order valence-electron chi connectivity index (χ4n) is 5.36. The summed E-state index contributed by atoms with van der Waals surface area (Å²) in [6, 6.07) is 0. The first-order chi connectivity index (χ1) is 12.4. The molecule has 0 rings (SSSR count). The second-order valence-electron chi connectivity index (χ2n) is 11.9. The van der Waals surface area contributed by atoms with Crippen molar-refractivity contribution in [1.82, 2.24) is 0 Å². The van der Waals surface area contributed by atoms with Gasteiger partial charge in [-0.1, -0.05) is 58.9 Å². The number of carboxylic acids is 3. The van der Waals surface area contributed by atoms with E-state index in [1.165, 1.54) is 0 Å². The number of hydrogen-bond donors (Lipinski definition) is 3. The minimum absolute atomic E-state index is 1.24. The Morgan fingerprint density at radius 2 is 1.03 bits per heavy atom. The molecule has 0 aliphatic carbocycles. The van der Waals surface area contributed by atoms with Crippen molar-refractivity contribution in [3.63, 3.8) is 0 Å². The summed E-state index contributed by atoms with van der Waals surface area (Å²) in [6.45, 7) is 21.7. The van der Waals surface area contributed by atoms with Gasteiger partial charge >= 0.3 is 17.9 Å². The Labute approximate surface area is 179 Å². The van der Waals surface area contributed by atoms with Crippen LogP contribution in [0.25, 0.3) is 0 Å². The Bertz CT molecular complexity index is 652. The van der Waals surface area contributed by atoms with Crippen molar-refractivity contribution in [3.05, 3.63) is 0 Å². The third-order valence-electron chi connectivity index (χ3n) is 5.43. The van der Waals surface area contributed by atoms with Crippen LogP contribution in [0.4, 0.5) is 0 Å². The van der Waals surface area contributed by atoms with E-state index in [1.54, 1.807) is 39.3 Å². The van der Waals surface area contributed by atoms with E-state index in [4.69, 9.17) is 4.43 Å². The van der Waals surface area contributed by atoms with Gasteiger partial charge in [0, 0.05) is 0 Å². The van der Waals surface area contributed by atoms with Crippen LogP contribution in [0.15, 0.2) is 0 Å². The number of carbonyl (C=O) groups is 3. The molecule has 0 aromatic heterocycles. The van der Waals surface area contributed by atoms with Crippen LogP contribution in [0, 0.1) is 0 Å². The maximum atomic E-state index is 13.2. The molecule has 0 aromatic carbocycles. The van der Waals surface area contributed by atoms with Gasteiger partial charge in [-0.3, -0.25) is 9.59 Å². The molecule has 0 saturated carbocycles. The third-order valence-corrected chi connectivity index (χ3v) is 18.9. The smallest absolute Gasteiger partial charge is 0.336 e. The second-order valence-corrected chi connectivity index (χ2v) is 32.7. The summed E-state index contributed by atoms with van der Waals surface area (Å²) in [5.74, 6) is -3.98. The minimum atomic E-state index is -2.88. The first-order valence-electron chi connectivity index (χ1n) is 9.81. The minimum Gasteiger partial charge on any atom is -0.481 e. The molecule has 0 spiro atoms. The SMILES string of the molecule is C[Si](C)(C)OC(C(=O)O)(C(C(=O)O)[Si](C)(C)C)C(C(=O)O)([Si](C)(C)C)[Si](C)(C)C. The second kappa shape index (κ2) is 8.06. The summed E-state index contributed by atoms with van der Waals surface area (Å²) < 4.78 is 4.64. The monoisotopic (exact) mass is 480 g/mol. The number of hydrogen-bond acceptors (Lipinski definition) is 4. The van der Waals surface area contributed by atoms with E-state index in [-0.39, 0.29) is 0 Å². The molecule has 0 aliphatic rings. The van der Waals surface area contributed by atoms with E-state index >= 15 is 0 Å². The lowest BCUT2D eigenvalue weighted by molar-refractivity contribution is -0.171. The van der Waals surface area contributed by atoms with Gasteiger partial charge in [-0.25, -0.2) is 4.79 Å². The zero-order chi connectivity index (χ0) is 24.0. The Morgan fingerprint density at radius 3 is 1.17 bits per heavy atom. The fraction of sp³-hybridized carbons (Fsp3) is 0.833. The van der Waals surface area contributed by atoms with Crippen molar-refractivity contribution < 1.29 is 34.1 Å². The molecule has 0 fully saturated rings. The summed E-state index contributed by atoms with van der Waals surface area (Å²) in [6.07, 6.45) is 0. The Hall–Kier alpha value is -0.762. The molecule has 11 heteroatoms. The van der Waals surface area contributed by atoms with Gasteiger partial charge in [0.15, 0.2) is 13.9 Å². The third kappa shape index (κ3) is 4.78. The van der Waals surface area contributed by atoms with Crippen LogP contribution in [0.5, 0.6) is 0 Å². The van der Waals surface area contributed by atoms with Crippen LogP contribution in [-0.4, -0.2) is 71.4 Å². The zero-order valence-electron chi connectivity index (χ0n) is 20.1. The fourth-order valence-corrected chi connectivity index (χ4v) is 22.8. The van der Waals surface area contributed by atoms with Crippen LogP contribution in [0.2, 0.25) is 88.8 Å². The maximum absolute atomic E-state index is 13.2. The van der Waals surface area contributed by atoms with Crippen LogP contribution < -0.4 is 0 Å². The lowest BCUT2D eigenvalue weighted by Gasteiger charge is -2.61. The topological polar surface area (TPSA) is 121 Å². The molecule has 0 heterocycles. The summed E-state index contributed by atoms with van der Waals surface area (Å²) in [5, 5.41) is 31.8. The number of rotatable bonds is 10. The van der Waals surface area contributed by atoms with Gasteiger partial charge in [0.05, 0.1) is 34.4 Å². The molecule has 7 nitrogen and oxygen atoms in total. The largest absolute Gasteiger partial charge is 0.481 e. The summed E-state index contributed by atoms with van der Waals surface area (Å²) >= 11 is 0. The highest BCUT2D eigenvalue weighted by Crippen LogP contribution is 2.63. The van der Waals surface area contributed by atoms with Gasteiger partial charge in [0.2, 0.25) is 0 Å². The molecule has 3 N–H and O–H groups in total. The zero-order valence-corrected chi connectivity index (χ0v) is 24.1. The van der Waals surface area contributed by atoms with Crippen molar-refractivity contribution in [2.45, 2.75) is 94.4 Å². The predicted octanol–water partition coefficient (Wildman–Crippen LogP) is 4.49. The van der Waals surface area contributed by atoms with Gasteiger partial charge in [0.1, 0.15) is 0 Å². The molecule has 170 valence electrons. The van der Waals surface area contributed by atoms with Crippen molar-refractivity contribution in [1.29, 1.82) is 0 Å². The standard InChI is InChI=1S/C18H40O7Si4/c1-26(2,3)13(14(19)20)17(15(21)22,25-29(10,11)12)18(16(23)24,27(4,5)6)28(7,8)9/h13H,1-12H3,(H,19,20)(H,21,22)(H,23,24). The first-order valence-corrected chi connectivity index (χ1v) is 23.8. The van der Waals surface area contributed by atoms with E-state index < -0.39 is 66.3 Å². The van der Waals surface area contributed by atoms with Crippen molar-refractivity contribution in [2.24, 2.45) is 0 Å². The van der Waals surface area contributed by atoms with Crippen molar-refractivity contribution in [2.75, 3.05) is 0 Å². The Balaban J connectivity index is 8.12. The molecule has 0 amide bonds. The first kappa shape index (κ1) is 28.2. The summed E-state index contributed by atoms with van der Waals surface area (Å²) in [5.41, 5.74) is -3.73. The lowest BCUT2D eigenvalue weighted by atomic mass is 9.93. The van der Waals surface area contributed by atoms with Gasteiger partial charge < -0.3 is 19.7 Å². The molecule has 2 atom stereocenters. The highest BCUT2D eigenvalue weighted by Gasteiger charge is 2.78. The van der Waals surface area contributed by atoms with E-state index in [0.717, 1.165) is 0 Å². The molecule has 0 aliphatic heterocycles. The molecule has 0 aromatic rings. The summed E-state index contributed by atoms with van der Waals surface area (Å²) in [4.78, 5) is 39.0. The number of carboxylic acid groups (broad SMARTS) is 3. The van der Waals surface area contributed by atoms with Gasteiger partial charge in [0.25, 0.3) is 0 Å². The quantitative estimate of drug-likeness (QED) is 0.394. The maximum Gasteiger partial charge on any atom is 0.336 e. The van der Waals surface area contributed by atoms with Crippen LogP contribution in [0.3, 0.4) is 0 Å². The highest BCUT2D eigenvalue weighted by molar-refractivity contribution is 7.03. The lowest BCUT2D eigenvalue weighted by Crippen LogP contribution is -2.77. The molecule has 0 saturated heterocycles. The van der Waals surface area contributed by atoms with Gasteiger partial charge in [-0.15, -0.1) is 0 Å². The summed E-state index contributed by atoms with van der Waals surface area (Å²) in [7, 11) is -11.2. The number of aliphatic carboxylic acids is 3. The Morgan fingerprint density at radius 1 is 0.690 bits per heavy atom. The van der Waals surface area contributed by atoms with E-state index in [2.05, 4.69) is 0 Å². The highest BCUT2D eigenvalue weighted by atomic mass is 28.4. The molecule has 29 heavy (non-hydrogen) atoms. The van der Waals surface area contributed by atoms with Crippen molar-refractivity contribution >= 4 is 50.4 Å². The molecular weight excluding hydrogens is 441 g/mol. The normalized spacial score (nSPS) is 17.4. The van der Waals surface area contributed by atoms with Gasteiger partial charge in [-0.2, -0.15) is 0 Å². The average molecular weight is 481 g/mol. The van der Waals surface area contributed by atoms with E-state index in [0.29, 0.717) is 0 Å². The van der Waals surface area contributed by atoms with Crippen LogP contribution >= 0.6 is 0 Å². The van der Waals surface area contributed by atoms with Gasteiger partial charge in [-0.05, 0) is 19.6 Å². The van der Waals surface area contributed by atoms with Crippen LogP contribution in [-0.2, 0) is 18.8 Å². The Kier molecular flexibility index (Phi) is 7.85. The molecule has 2 unspecified atom stereocenters. The molecule has 0 radical (unpaired) electrons. The predicted molar refractivity (Wildman–Crippen MR) is 127 cm³/mol. The van der Waals surface area contributed by atoms with Crippen molar-refractivity contribution in [3.8, 4) is 0 Å². The molecular formula is C18H40O7Si4. The average Bonchev–Trinajstić information content (AvgIpc) is 2.29. The van der Waals surface area contributed by atoms with Crippen LogP contribution in [0.1, 0.15) is 0 Å². The van der Waals surface area contributed by atoms with E-state index in [1.807, 2.05) is 39.3 Å². The van der Waals surface area contributed by atoms with E-state index in [9.17, 15) is 29.7 Å². The molecule has 0 bridgehead atoms.